The second kappa shape index (κ2) is 4.60. The first kappa shape index (κ1) is 12.6. The molecule has 0 atom stereocenters. The second-order valence-electron chi connectivity index (χ2n) is 4.13. The molecule has 0 unspecified atom stereocenters. The summed E-state index contributed by atoms with van der Waals surface area (Å²) in [5.41, 5.74) is 0.703. The number of hydrogen-bond acceptors (Lipinski definition) is 6. The standard InChI is InChI=1S/C11H8N4O4S/c16-14(17)8-3-1-7(2-4-8)9-10(15(18)19)13-5-6-20-11(13)12-9/h1-4H,5-6H2. The van der Waals surface area contributed by atoms with Gasteiger partial charge in [0.2, 0.25) is 0 Å². The Bertz CT molecular complexity index is 710. The smallest absolute Gasteiger partial charge is 0.351 e. The lowest BCUT2D eigenvalue weighted by molar-refractivity contribution is -0.391. The number of imidazole rings is 1. The quantitative estimate of drug-likeness (QED) is 0.635. The third kappa shape index (κ3) is 1.92. The Balaban J connectivity index is 2.10. The topological polar surface area (TPSA) is 104 Å². The highest BCUT2D eigenvalue weighted by atomic mass is 32.2. The fraction of sp³-hybridized carbons (Fsp3) is 0.182. The van der Waals surface area contributed by atoms with Gasteiger partial charge in [0.1, 0.15) is 6.54 Å². The lowest BCUT2D eigenvalue weighted by Crippen LogP contribution is -2.01. The molecule has 0 aliphatic carbocycles. The molecule has 0 saturated heterocycles. The molecule has 3 rings (SSSR count). The van der Waals surface area contributed by atoms with Gasteiger partial charge in [0.25, 0.3) is 10.8 Å². The van der Waals surface area contributed by atoms with Gasteiger partial charge in [-0.3, -0.25) is 10.1 Å². The van der Waals surface area contributed by atoms with Crippen molar-refractivity contribution in [2.45, 2.75) is 11.7 Å². The average Bonchev–Trinajstić information content (AvgIpc) is 2.97. The molecule has 0 saturated carbocycles. The molecule has 20 heavy (non-hydrogen) atoms. The van der Waals surface area contributed by atoms with E-state index in [1.54, 1.807) is 4.57 Å². The van der Waals surface area contributed by atoms with Crippen LogP contribution in [0, 0.1) is 20.2 Å². The Morgan fingerprint density at radius 2 is 1.85 bits per heavy atom. The van der Waals surface area contributed by atoms with Gasteiger partial charge in [0.05, 0.1) is 4.92 Å². The maximum atomic E-state index is 11.2. The largest absolute Gasteiger partial charge is 0.358 e. The van der Waals surface area contributed by atoms with Crippen LogP contribution in [0.5, 0.6) is 0 Å². The molecule has 2 heterocycles. The van der Waals surface area contributed by atoms with Gasteiger partial charge in [-0.1, -0.05) is 11.8 Å². The van der Waals surface area contributed by atoms with Gasteiger partial charge < -0.3 is 10.1 Å². The summed E-state index contributed by atoms with van der Waals surface area (Å²) in [5.74, 6) is 0.711. The summed E-state index contributed by atoms with van der Waals surface area (Å²) in [4.78, 5) is 25.1. The zero-order chi connectivity index (χ0) is 14.3. The molecule has 9 heteroatoms. The molecule has 2 aromatic rings. The van der Waals surface area contributed by atoms with E-state index >= 15 is 0 Å². The van der Waals surface area contributed by atoms with Gasteiger partial charge in [0, 0.05) is 23.4 Å². The van der Waals surface area contributed by atoms with Crippen molar-refractivity contribution >= 4 is 23.3 Å². The number of nitro benzene ring substituents is 1. The number of aromatic nitrogens is 2. The molecule has 1 aliphatic heterocycles. The van der Waals surface area contributed by atoms with Crippen molar-refractivity contribution in [1.82, 2.24) is 9.55 Å². The highest BCUT2D eigenvalue weighted by molar-refractivity contribution is 7.99. The monoisotopic (exact) mass is 292 g/mol. The summed E-state index contributed by atoms with van der Waals surface area (Å²) in [6.07, 6.45) is 0. The first-order valence-corrected chi connectivity index (χ1v) is 6.69. The Morgan fingerprint density at radius 3 is 2.45 bits per heavy atom. The van der Waals surface area contributed by atoms with E-state index in [1.165, 1.54) is 36.0 Å². The number of hydrogen-bond donors (Lipinski definition) is 0. The molecule has 0 radical (unpaired) electrons. The van der Waals surface area contributed by atoms with Gasteiger partial charge in [-0.05, 0) is 17.1 Å². The molecule has 0 bridgehead atoms. The van der Waals surface area contributed by atoms with Crippen LogP contribution in [0.1, 0.15) is 0 Å². The van der Waals surface area contributed by atoms with Gasteiger partial charge in [-0.2, -0.15) is 9.55 Å². The maximum absolute atomic E-state index is 11.2. The lowest BCUT2D eigenvalue weighted by Gasteiger charge is -2.00. The van der Waals surface area contributed by atoms with Crippen molar-refractivity contribution in [1.29, 1.82) is 0 Å². The Labute approximate surface area is 116 Å². The molecule has 1 aromatic heterocycles. The van der Waals surface area contributed by atoms with Gasteiger partial charge in [0.15, 0.2) is 5.69 Å². The third-order valence-electron chi connectivity index (χ3n) is 2.98. The summed E-state index contributed by atoms with van der Waals surface area (Å²) >= 11 is 1.46. The summed E-state index contributed by atoms with van der Waals surface area (Å²) in [7, 11) is 0. The van der Waals surface area contributed by atoms with E-state index in [4.69, 9.17) is 0 Å². The predicted molar refractivity (Wildman–Crippen MR) is 71.7 cm³/mol. The minimum Gasteiger partial charge on any atom is -0.358 e. The normalized spacial score (nSPS) is 13.2. The molecule has 0 N–H and O–H groups in total. The number of thioether (sulfide) groups is 1. The van der Waals surface area contributed by atoms with Crippen LogP contribution in [-0.2, 0) is 6.54 Å². The van der Waals surface area contributed by atoms with E-state index in [0.717, 1.165) is 5.75 Å². The number of rotatable bonds is 3. The molecule has 0 amide bonds. The Hall–Kier alpha value is -2.42. The minimum absolute atomic E-state index is 0.0566. The van der Waals surface area contributed by atoms with Crippen LogP contribution in [-0.4, -0.2) is 25.2 Å². The van der Waals surface area contributed by atoms with E-state index in [9.17, 15) is 20.2 Å². The zero-order valence-corrected chi connectivity index (χ0v) is 10.9. The highest BCUT2D eigenvalue weighted by Crippen LogP contribution is 2.37. The van der Waals surface area contributed by atoms with Crippen molar-refractivity contribution in [3.63, 3.8) is 0 Å². The van der Waals surface area contributed by atoms with E-state index in [-0.39, 0.29) is 17.2 Å². The van der Waals surface area contributed by atoms with E-state index < -0.39 is 9.85 Å². The Morgan fingerprint density at radius 1 is 1.15 bits per heavy atom. The summed E-state index contributed by atoms with van der Waals surface area (Å²) in [6, 6.07) is 5.59. The SMILES string of the molecule is O=[N+]([O-])c1ccc(-c2nc3n(c2[N+](=O)[O-])CCS3)cc1. The van der Waals surface area contributed by atoms with Crippen LogP contribution in [0.25, 0.3) is 11.3 Å². The second-order valence-corrected chi connectivity index (χ2v) is 5.19. The van der Waals surface area contributed by atoms with Crippen LogP contribution in [0.3, 0.4) is 0 Å². The van der Waals surface area contributed by atoms with E-state index in [1.807, 2.05) is 0 Å². The van der Waals surface area contributed by atoms with Crippen molar-refractivity contribution in [3.8, 4) is 11.3 Å². The first-order valence-electron chi connectivity index (χ1n) is 5.70. The molecular formula is C11H8N4O4S. The molecule has 0 spiro atoms. The molecule has 0 fully saturated rings. The van der Waals surface area contributed by atoms with Crippen molar-refractivity contribution in [2.75, 3.05) is 5.75 Å². The average molecular weight is 292 g/mol. The first-order chi connectivity index (χ1) is 9.58. The van der Waals surface area contributed by atoms with Crippen molar-refractivity contribution in [2.24, 2.45) is 0 Å². The number of fused-ring (bicyclic) bond motifs is 1. The van der Waals surface area contributed by atoms with Crippen molar-refractivity contribution < 1.29 is 9.85 Å². The summed E-state index contributed by atoms with van der Waals surface area (Å²) in [5, 5.41) is 22.4. The number of benzene rings is 1. The van der Waals surface area contributed by atoms with Crippen LogP contribution in [0.15, 0.2) is 29.4 Å². The highest BCUT2D eigenvalue weighted by Gasteiger charge is 2.31. The predicted octanol–water partition coefficient (Wildman–Crippen LogP) is 2.47. The molecule has 1 aromatic carbocycles. The van der Waals surface area contributed by atoms with Crippen LogP contribution in [0.2, 0.25) is 0 Å². The molecule has 1 aliphatic rings. The Kier molecular flexibility index (Phi) is 2.90. The summed E-state index contributed by atoms with van der Waals surface area (Å²) < 4.78 is 1.57. The van der Waals surface area contributed by atoms with Gasteiger partial charge in [-0.15, -0.1) is 0 Å². The lowest BCUT2D eigenvalue weighted by atomic mass is 10.1. The van der Waals surface area contributed by atoms with E-state index in [0.29, 0.717) is 17.3 Å². The molecule has 102 valence electrons. The van der Waals surface area contributed by atoms with E-state index in [2.05, 4.69) is 4.98 Å². The fourth-order valence-electron chi connectivity index (χ4n) is 2.08. The number of non-ortho nitro benzene ring substituents is 1. The van der Waals surface area contributed by atoms with Gasteiger partial charge in [-0.25, -0.2) is 0 Å². The van der Waals surface area contributed by atoms with Crippen LogP contribution >= 0.6 is 11.8 Å². The van der Waals surface area contributed by atoms with Crippen molar-refractivity contribution in [3.05, 3.63) is 44.5 Å². The zero-order valence-electron chi connectivity index (χ0n) is 10.1. The molecule has 8 nitrogen and oxygen atoms in total. The summed E-state index contributed by atoms with van der Waals surface area (Å²) in [6.45, 7) is 0.552. The minimum atomic E-state index is -0.513. The maximum Gasteiger partial charge on any atom is 0.351 e. The van der Waals surface area contributed by atoms with Crippen LogP contribution < -0.4 is 0 Å². The number of nitrogens with zero attached hydrogens (tertiary/aromatic N) is 4. The van der Waals surface area contributed by atoms with Crippen LogP contribution in [0.4, 0.5) is 11.5 Å². The van der Waals surface area contributed by atoms with Gasteiger partial charge >= 0.3 is 5.82 Å². The fourth-order valence-corrected chi connectivity index (χ4v) is 3.03. The molecular weight excluding hydrogens is 284 g/mol. The third-order valence-corrected chi connectivity index (χ3v) is 3.93. The number of nitro groups is 2.